The van der Waals surface area contributed by atoms with Crippen molar-refractivity contribution in [1.82, 2.24) is 19.4 Å². The van der Waals surface area contributed by atoms with Crippen molar-refractivity contribution >= 4 is 28.3 Å². The van der Waals surface area contributed by atoms with Gasteiger partial charge in [-0.05, 0) is 12.1 Å². The fourth-order valence-corrected chi connectivity index (χ4v) is 4.04. The molecule has 0 bridgehead atoms. The lowest BCUT2D eigenvalue weighted by Crippen LogP contribution is -2.37. The Morgan fingerprint density at radius 1 is 1.31 bits per heavy atom. The van der Waals surface area contributed by atoms with Crippen molar-refractivity contribution in [2.75, 3.05) is 11.9 Å². The summed E-state index contributed by atoms with van der Waals surface area (Å²) in [5, 5.41) is 3.17. The van der Waals surface area contributed by atoms with Gasteiger partial charge in [-0.15, -0.1) is 0 Å². The lowest BCUT2D eigenvalue weighted by atomic mass is 10.1. The van der Waals surface area contributed by atoms with Crippen LogP contribution in [0.2, 0.25) is 0 Å². The van der Waals surface area contributed by atoms with Gasteiger partial charge in [0.05, 0.1) is 18.5 Å². The number of carbonyl (C=O) groups excluding carboxylic acids is 2. The molecule has 0 saturated carbocycles. The topological polar surface area (TPSA) is 130 Å². The van der Waals surface area contributed by atoms with E-state index in [4.69, 9.17) is 4.42 Å². The molecular formula is C18H17N5O5S. The van der Waals surface area contributed by atoms with E-state index in [1.165, 1.54) is 34.4 Å². The number of furan rings is 1. The third-order valence-corrected chi connectivity index (χ3v) is 5.51. The van der Waals surface area contributed by atoms with Crippen LogP contribution >= 0.6 is 11.3 Å². The Bertz CT molecular complexity index is 1160. The first-order valence-corrected chi connectivity index (χ1v) is 9.72. The van der Waals surface area contributed by atoms with Crippen molar-refractivity contribution < 1.29 is 14.0 Å². The average Bonchev–Trinajstić information content (AvgIpc) is 3.36. The minimum atomic E-state index is -0.536. The Kier molecular flexibility index (Phi) is 5.12. The number of rotatable bonds is 5. The molecule has 2 N–H and O–H groups in total. The van der Waals surface area contributed by atoms with Gasteiger partial charge in [-0.1, -0.05) is 11.3 Å². The fourth-order valence-electron chi connectivity index (χ4n) is 3.02. The molecule has 0 spiro atoms. The van der Waals surface area contributed by atoms with Crippen LogP contribution < -0.4 is 16.6 Å². The van der Waals surface area contributed by atoms with Crippen LogP contribution in [0.1, 0.15) is 27.5 Å². The van der Waals surface area contributed by atoms with Crippen molar-refractivity contribution in [3.05, 3.63) is 67.8 Å². The highest BCUT2D eigenvalue weighted by molar-refractivity contribution is 7.15. The molecule has 4 rings (SSSR count). The second kappa shape index (κ2) is 7.87. The molecule has 29 heavy (non-hydrogen) atoms. The number of aryl methyl sites for hydroxylation is 1. The number of anilines is 1. The fraction of sp³-hybridized carbons (Fsp3) is 0.278. The van der Waals surface area contributed by atoms with E-state index in [0.29, 0.717) is 24.6 Å². The third kappa shape index (κ3) is 4.19. The molecule has 11 heteroatoms. The van der Waals surface area contributed by atoms with Crippen LogP contribution in [0, 0.1) is 0 Å². The highest BCUT2D eigenvalue weighted by Gasteiger charge is 2.24. The zero-order chi connectivity index (χ0) is 20.4. The Labute approximate surface area is 167 Å². The summed E-state index contributed by atoms with van der Waals surface area (Å²) in [5.41, 5.74) is -0.141. The minimum absolute atomic E-state index is 0.0941. The normalized spacial score (nSPS) is 13.2. The van der Waals surface area contributed by atoms with Crippen molar-refractivity contribution in [3.63, 3.8) is 0 Å². The highest BCUT2D eigenvalue weighted by atomic mass is 32.1. The number of H-pyrrole nitrogens is 1. The van der Waals surface area contributed by atoms with Crippen LogP contribution in [0.15, 0.2) is 44.7 Å². The third-order valence-electron chi connectivity index (χ3n) is 4.51. The van der Waals surface area contributed by atoms with Gasteiger partial charge in [0, 0.05) is 43.1 Å². The van der Waals surface area contributed by atoms with Gasteiger partial charge in [-0.3, -0.25) is 24.7 Å². The molecule has 0 unspecified atom stereocenters. The summed E-state index contributed by atoms with van der Waals surface area (Å²) in [7, 11) is 0. The van der Waals surface area contributed by atoms with Crippen molar-refractivity contribution in [3.8, 4) is 0 Å². The second-order valence-electron chi connectivity index (χ2n) is 6.44. The number of hydrogen-bond donors (Lipinski definition) is 2. The Morgan fingerprint density at radius 2 is 2.17 bits per heavy atom. The molecule has 1 aliphatic heterocycles. The molecule has 4 heterocycles. The number of thiazole rings is 1. The van der Waals surface area contributed by atoms with Crippen LogP contribution in [-0.2, 0) is 24.3 Å². The maximum absolute atomic E-state index is 12.5. The first kappa shape index (κ1) is 18.9. The monoisotopic (exact) mass is 415 g/mol. The van der Waals surface area contributed by atoms with E-state index in [-0.39, 0.29) is 30.5 Å². The van der Waals surface area contributed by atoms with Crippen molar-refractivity contribution in [2.24, 2.45) is 0 Å². The predicted molar refractivity (Wildman–Crippen MR) is 104 cm³/mol. The number of fused-ring (bicyclic) bond motifs is 1. The molecule has 3 aromatic heterocycles. The van der Waals surface area contributed by atoms with Gasteiger partial charge in [0.25, 0.3) is 11.5 Å². The maximum atomic E-state index is 12.5. The first-order chi connectivity index (χ1) is 14.0. The molecule has 0 radical (unpaired) electrons. The van der Waals surface area contributed by atoms with Crippen LogP contribution in [0.3, 0.4) is 0 Å². The summed E-state index contributed by atoms with van der Waals surface area (Å²) in [6.45, 7) is 1.11. The Morgan fingerprint density at radius 3 is 2.93 bits per heavy atom. The summed E-state index contributed by atoms with van der Waals surface area (Å²) >= 11 is 1.33. The summed E-state index contributed by atoms with van der Waals surface area (Å²) in [6, 6.07) is 4.44. The second-order valence-corrected chi connectivity index (χ2v) is 7.52. The molecule has 2 amide bonds. The van der Waals surface area contributed by atoms with Crippen molar-refractivity contribution in [2.45, 2.75) is 25.9 Å². The number of nitrogens with one attached hydrogen (secondary N) is 2. The maximum Gasteiger partial charge on any atom is 0.328 e. The van der Waals surface area contributed by atoms with Crippen LogP contribution in [0.4, 0.5) is 5.13 Å². The summed E-state index contributed by atoms with van der Waals surface area (Å²) in [4.78, 5) is 56.6. The van der Waals surface area contributed by atoms with Crippen LogP contribution in [0.5, 0.6) is 0 Å². The first-order valence-electron chi connectivity index (χ1n) is 8.90. The quantitative estimate of drug-likeness (QED) is 0.634. The van der Waals surface area contributed by atoms with E-state index in [9.17, 15) is 19.2 Å². The minimum Gasteiger partial charge on any atom is -0.459 e. The summed E-state index contributed by atoms with van der Waals surface area (Å²) < 4.78 is 6.36. The van der Waals surface area contributed by atoms with Gasteiger partial charge in [0.2, 0.25) is 5.91 Å². The number of amides is 2. The standard InChI is InChI=1S/C18H17N5O5S/c24-14-4-7-22(18(27)20-14)8-5-15(25)23-6-3-11-13(10-23)29-17(19-11)21-16(26)12-2-1-9-28-12/h1-2,4,7,9H,3,5-6,8,10H2,(H,19,21,26)(H,20,24,27). The van der Waals surface area contributed by atoms with Gasteiger partial charge < -0.3 is 13.9 Å². The molecule has 0 fully saturated rings. The van der Waals surface area contributed by atoms with Gasteiger partial charge in [0.1, 0.15) is 0 Å². The number of hydrogen-bond acceptors (Lipinski definition) is 7. The van der Waals surface area contributed by atoms with E-state index >= 15 is 0 Å². The van der Waals surface area contributed by atoms with E-state index in [1.807, 2.05) is 0 Å². The SMILES string of the molecule is O=C(Nc1nc2c(s1)CN(C(=O)CCn1ccc(=O)[nH]c1=O)CC2)c1ccco1. The lowest BCUT2D eigenvalue weighted by Gasteiger charge is -2.26. The average molecular weight is 415 g/mol. The molecule has 10 nitrogen and oxygen atoms in total. The number of carbonyl (C=O) groups is 2. The van der Waals surface area contributed by atoms with Gasteiger partial charge in [-0.25, -0.2) is 9.78 Å². The molecule has 1 aliphatic rings. The van der Waals surface area contributed by atoms with Gasteiger partial charge >= 0.3 is 5.69 Å². The molecule has 0 aliphatic carbocycles. The highest BCUT2D eigenvalue weighted by Crippen LogP contribution is 2.29. The van der Waals surface area contributed by atoms with Crippen molar-refractivity contribution in [1.29, 1.82) is 0 Å². The predicted octanol–water partition coefficient (Wildman–Crippen LogP) is 0.813. The summed E-state index contributed by atoms with van der Waals surface area (Å²) in [6.07, 6.45) is 3.53. The van der Waals surface area contributed by atoms with Crippen LogP contribution in [0.25, 0.3) is 0 Å². The molecular weight excluding hydrogens is 398 g/mol. The number of aromatic amines is 1. The lowest BCUT2D eigenvalue weighted by molar-refractivity contribution is -0.132. The Hall–Kier alpha value is -3.47. The summed E-state index contributed by atoms with van der Waals surface area (Å²) in [5.74, 6) is -0.267. The van der Waals surface area contributed by atoms with E-state index in [1.54, 1.807) is 17.0 Å². The van der Waals surface area contributed by atoms with Gasteiger partial charge in [-0.2, -0.15) is 0 Å². The largest absolute Gasteiger partial charge is 0.459 e. The van der Waals surface area contributed by atoms with Crippen LogP contribution in [-0.4, -0.2) is 37.8 Å². The smallest absolute Gasteiger partial charge is 0.328 e. The molecule has 150 valence electrons. The molecule has 0 saturated heterocycles. The van der Waals surface area contributed by atoms with E-state index < -0.39 is 11.2 Å². The van der Waals surface area contributed by atoms with Gasteiger partial charge in [0.15, 0.2) is 10.9 Å². The molecule has 0 aromatic carbocycles. The Balaban J connectivity index is 1.37. The number of aromatic nitrogens is 3. The van der Waals surface area contributed by atoms with E-state index in [2.05, 4.69) is 15.3 Å². The van der Waals surface area contributed by atoms with E-state index in [0.717, 1.165) is 10.6 Å². The number of nitrogens with zero attached hydrogens (tertiary/aromatic N) is 3. The zero-order valence-corrected chi connectivity index (χ0v) is 16.0. The molecule has 0 atom stereocenters. The molecule has 3 aromatic rings. The zero-order valence-electron chi connectivity index (χ0n) is 15.2.